The molecule has 0 N–H and O–H groups in total. The summed E-state index contributed by atoms with van der Waals surface area (Å²) >= 11 is 5.99. The van der Waals surface area contributed by atoms with Crippen LogP contribution in [0.5, 0.6) is 0 Å². The Kier molecular flexibility index (Phi) is 3.96. The van der Waals surface area contributed by atoms with E-state index < -0.39 is 0 Å². The third-order valence-electron chi connectivity index (χ3n) is 4.14. The fourth-order valence-electron chi connectivity index (χ4n) is 2.92. The first-order valence-electron chi connectivity index (χ1n) is 7.84. The minimum absolute atomic E-state index is 0.0792. The number of halogens is 1. The zero-order valence-corrected chi connectivity index (χ0v) is 13.7. The van der Waals surface area contributed by atoms with Gasteiger partial charge in [0.15, 0.2) is 0 Å². The second kappa shape index (κ2) is 6.26. The van der Waals surface area contributed by atoms with Crippen LogP contribution in [0, 0.1) is 0 Å². The molecule has 0 aliphatic carbocycles. The summed E-state index contributed by atoms with van der Waals surface area (Å²) in [5.74, 6) is 0.643. The van der Waals surface area contributed by atoms with Crippen LogP contribution in [-0.2, 0) is 4.74 Å². The highest BCUT2D eigenvalue weighted by Crippen LogP contribution is 2.21. The number of hydrogen-bond donors (Lipinski definition) is 0. The van der Waals surface area contributed by atoms with E-state index in [9.17, 15) is 4.79 Å². The number of para-hydroxylation sites is 1. The molecule has 0 amide bonds. The molecule has 24 heavy (non-hydrogen) atoms. The van der Waals surface area contributed by atoms with Gasteiger partial charge in [-0.25, -0.2) is 9.55 Å². The van der Waals surface area contributed by atoms with Gasteiger partial charge in [-0.2, -0.15) is 0 Å². The number of aromatic nitrogens is 2. The summed E-state index contributed by atoms with van der Waals surface area (Å²) in [6.45, 7) is 2.67. The molecule has 122 valence electrons. The van der Waals surface area contributed by atoms with E-state index in [0.29, 0.717) is 48.2 Å². The number of benzene rings is 2. The average molecular weight is 342 g/mol. The van der Waals surface area contributed by atoms with Crippen molar-refractivity contribution in [3.63, 3.8) is 0 Å². The standard InChI is InChI=1S/C18H16ClN3O2/c19-13-5-7-14(8-6-13)22-17(23)15-3-1-2-4-16(15)20-18(22)21-9-11-24-12-10-21/h1-8H,9-12H2. The van der Waals surface area contributed by atoms with Crippen LogP contribution in [0.4, 0.5) is 5.95 Å². The zero-order valence-electron chi connectivity index (χ0n) is 13.0. The molecule has 2 aromatic carbocycles. The number of anilines is 1. The van der Waals surface area contributed by atoms with Gasteiger partial charge in [-0.15, -0.1) is 0 Å². The largest absolute Gasteiger partial charge is 0.378 e. The third kappa shape index (κ3) is 2.66. The second-order valence-corrected chi connectivity index (χ2v) is 6.08. The van der Waals surface area contributed by atoms with E-state index >= 15 is 0 Å². The molecule has 0 saturated carbocycles. The molecule has 1 saturated heterocycles. The molecule has 6 heteroatoms. The first-order valence-corrected chi connectivity index (χ1v) is 8.22. The fraction of sp³-hybridized carbons (Fsp3) is 0.222. The monoisotopic (exact) mass is 341 g/mol. The van der Waals surface area contributed by atoms with Crippen LogP contribution in [0.15, 0.2) is 53.3 Å². The normalized spacial score (nSPS) is 15.0. The van der Waals surface area contributed by atoms with Crippen LogP contribution in [0.3, 0.4) is 0 Å². The lowest BCUT2D eigenvalue weighted by molar-refractivity contribution is 0.122. The van der Waals surface area contributed by atoms with Crippen molar-refractivity contribution in [2.24, 2.45) is 0 Å². The Morgan fingerprint density at radius 2 is 1.71 bits per heavy atom. The second-order valence-electron chi connectivity index (χ2n) is 5.65. The predicted octanol–water partition coefficient (Wildman–Crippen LogP) is 2.88. The number of morpholine rings is 1. The van der Waals surface area contributed by atoms with Crippen LogP contribution in [0.25, 0.3) is 16.6 Å². The average Bonchev–Trinajstić information content (AvgIpc) is 2.63. The van der Waals surface area contributed by atoms with E-state index in [1.165, 1.54) is 0 Å². The van der Waals surface area contributed by atoms with Crippen LogP contribution in [0.1, 0.15) is 0 Å². The predicted molar refractivity (Wildman–Crippen MR) is 95.4 cm³/mol. The summed E-state index contributed by atoms with van der Waals surface area (Å²) in [6, 6.07) is 14.7. The minimum atomic E-state index is -0.0792. The van der Waals surface area contributed by atoms with E-state index in [-0.39, 0.29) is 5.56 Å². The SMILES string of the molecule is O=c1c2ccccc2nc(N2CCOCC2)n1-c1ccc(Cl)cc1. The summed E-state index contributed by atoms with van der Waals surface area (Å²) in [5.41, 5.74) is 1.38. The zero-order chi connectivity index (χ0) is 16.5. The topological polar surface area (TPSA) is 47.4 Å². The lowest BCUT2D eigenvalue weighted by Crippen LogP contribution is -2.40. The molecular formula is C18H16ClN3O2. The van der Waals surface area contributed by atoms with Gasteiger partial charge in [0.05, 0.1) is 29.8 Å². The van der Waals surface area contributed by atoms with Crippen molar-refractivity contribution >= 4 is 28.5 Å². The summed E-state index contributed by atoms with van der Waals surface area (Å²) in [4.78, 5) is 20.0. The first kappa shape index (κ1) is 15.2. The quantitative estimate of drug-likeness (QED) is 0.719. The Morgan fingerprint density at radius 3 is 2.46 bits per heavy atom. The Morgan fingerprint density at radius 1 is 1.00 bits per heavy atom. The van der Waals surface area contributed by atoms with Gasteiger partial charge in [0.2, 0.25) is 5.95 Å². The summed E-state index contributed by atoms with van der Waals surface area (Å²) in [7, 11) is 0. The number of nitrogens with zero attached hydrogens (tertiary/aromatic N) is 3. The molecule has 0 atom stereocenters. The van der Waals surface area contributed by atoms with E-state index in [4.69, 9.17) is 21.3 Å². The summed E-state index contributed by atoms with van der Waals surface area (Å²) < 4.78 is 7.08. The molecule has 2 heterocycles. The van der Waals surface area contributed by atoms with Crippen molar-refractivity contribution in [1.29, 1.82) is 0 Å². The molecule has 0 radical (unpaired) electrons. The highest BCUT2D eigenvalue weighted by Gasteiger charge is 2.20. The van der Waals surface area contributed by atoms with Gasteiger partial charge >= 0.3 is 0 Å². The van der Waals surface area contributed by atoms with Gasteiger partial charge in [0.1, 0.15) is 0 Å². The third-order valence-corrected chi connectivity index (χ3v) is 4.39. The van der Waals surface area contributed by atoms with Crippen molar-refractivity contribution < 1.29 is 4.74 Å². The number of ether oxygens (including phenoxy) is 1. The van der Waals surface area contributed by atoms with Crippen molar-refractivity contribution in [1.82, 2.24) is 9.55 Å². The van der Waals surface area contributed by atoms with Crippen molar-refractivity contribution in [2.75, 3.05) is 31.2 Å². The Hall–Kier alpha value is -2.37. The fourth-order valence-corrected chi connectivity index (χ4v) is 3.05. The molecule has 0 bridgehead atoms. The maximum Gasteiger partial charge on any atom is 0.267 e. The molecule has 0 spiro atoms. The van der Waals surface area contributed by atoms with Gasteiger partial charge in [-0.3, -0.25) is 4.79 Å². The Balaban J connectivity index is 1.99. The molecular weight excluding hydrogens is 326 g/mol. The molecule has 0 unspecified atom stereocenters. The maximum absolute atomic E-state index is 13.1. The number of hydrogen-bond acceptors (Lipinski definition) is 4. The minimum Gasteiger partial charge on any atom is -0.378 e. The van der Waals surface area contributed by atoms with Crippen molar-refractivity contribution in [3.8, 4) is 5.69 Å². The van der Waals surface area contributed by atoms with Gasteiger partial charge in [-0.05, 0) is 36.4 Å². The molecule has 1 aromatic heterocycles. The number of fused-ring (bicyclic) bond motifs is 1. The van der Waals surface area contributed by atoms with E-state index in [2.05, 4.69) is 4.90 Å². The smallest absolute Gasteiger partial charge is 0.267 e. The van der Waals surface area contributed by atoms with Crippen LogP contribution in [0.2, 0.25) is 5.02 Å². The number of rotatable bonds is 2. The molecule has 3 aromatic rings. The van der Waals surface area contributed by atoms with Crippen molar-refractivity contribution in [3.05, 3.63) is 63.9 Å². The van der Waals surface area contributed by atoms with E-state index in [0.717, 1.165) is 5.69 Å². The summed E-state index contributed by atoms with van der Waals surface area (Å²) in [5, 5.41) is 1.23. The van der Waals surface area contributed by atoms with E-state index in [1.54, 1.807) is 22.8 Å². The van der Waals surface area contributed by atoms with Gasteiger partial charge in [-0.1, -0.05) is 23.7 Å². The molecule has 5 nitrogen and oxygen atoms in total. The molecule has 1 aliphatic rings. The lowest BCUT2D eigenvalue weighted by atomic mass is 10.2. The Labute approximate surface area is 144 Å². The van der Waals surface area contributed by atoms with Gasteiger partial charge < -0.3 is 9.64 Å². The highest BCUT2D eigenvalue weighted by molar-refractivity contribution is 6.30. The van der Waals surface area contributed by atoms with Gasteiger partial charge in [0, 0.05) is 18.1 Å². The molecule has 4 rings (SSSR count). The highest BCUT2D eigenvalue weighted by atomic mass is 35.5. The van der Waals surface area contributed by atoms with E-state index in [1.807, 2.05) is 30.3 Å². The first-order chi connectivity index (χ1) is 11.7. The molecule has 1 fully saturated rings. The maximum atomic E-state index is 13.1. The van der Waals surface area contributed by atoms with Crippen LogP contribution < -0.4 is 10.5 Å². The molecule has 1 aliphatic heterocycles. The van der Waals surface area contributed by atoms with Crippen molar-refractivity contribution in [2.45, 2.75) is 0 Å². The van der Waals surface area contributed by atoms with Crippen LogP contribution >= 0.6 is 11.6 Å². The Bertz CT molecular complexity index is 931. The summed E-state index contributed by atoms with van der Waals surface area (Å²) in [6.07, 6.45) is 0. The van der Waals surface area contributed by atoms with Gasteiger partial charge in [0.25, 0.3) is 5.56 Å². The van der Waals surface area contributed by atoms with Crippen LogP contribution in [-0.4, -0.2) is 35.9 Å². The lowest BCUT2D eigenvalue weighted by Gasteiger charge is -2.29.